The van der Waals surface area contributed by atoms with Crippen LogP contribution in [0.15, 0.2) is 12.3 Å². The second kappa shape index (κ2) is 5.07. The van der Waals surface area contributed by atoms with Crippen molar-refractivity contribution in [2.45, 2.75) is 6.42 Å². The van der Waals surface area contributed by atoms with Crippen LogP contribution in [0.3, 0.4) is 0 Å². The zero-order chi connectivity index (χ0) is 13.1. The summed E-state index contributed by atoms with van der Waals surface area (Å²) in [7, 11) is 1.84. The predicted octanol–water partition coefficient (Wildman–Crippen LogP) is -0.311. The molecule has 1 saturated heterocycles. The molecule has 98 valence electrons. The van der Waals surface area contributed by atoms with Crippen molar-refractivity contribution in [2.75, 3.05) is 19.6 Å². The molecule has 1 fully saturated rings. The molecule has 1 aromatic rings. The van der Waals surface area contributed by atoms with Gasteiger partial charge in [0.2, 0.25) is 0 Å². The maximum absolute atomic E-state index is 11.6. The van der Waals surface area contributed by atoms with Gasteiger partial charge in [0.05, 0.1) is 11.6 Å². The molecule has 0 radical (unpaired) electrons. The molecular weight excluding hydrogens is 236 g/mol. The van der Waals surface area contributed by atoms with Crippen molar-refractivity contribution in [2.24, 2.45) is 13.0 Å². The summed E-state index contributed by atoms with van der Waals surface area (Å²) in [4.78, 5) is 23.7. The predicted molar refractivity (Wildman–Crippen MR) is 63.0 cm³/mol. The van der Waals surface area contributed by atoms with Crippen LogP contribution in [0.2, 0.25) is 0 Å². The summed E-state index contributed by atoms with van der Waals surface area (Å²) < 4.78 is 1.71. The number of aromatic nitrogens is 2. The van der Waals surface area contributed by atoms with E-state index in [2.05, 4.69) is 10.4 Å². The lowest BCUT2D eigenvalue weighted by atomic mass is 10.0. The second-order valence-electron chi connectivity index (χ2n) is 4.40. The molecule has 0 aromatic carbocycles. The molecule has 1 aliphatic rings. The van der Waals surface area contributed by atoms with E-state index in [4.69, 9.17) is 5.11 Å². The van der Waals surface area contributed by atoms with Gasteiger partial charge in [-0.2, -0.15) is 5.10 Å². The summed E-state index contributed by atoms with van der Waals surface area (Å²) in [6.45, 7) is 1.10. The lowest BCUT2D eigenvalue weighted by Gasteiger charge is -2.36. The van der Waals surface area contributed by atoms with Crippen LogP contribution in [0.5, 0.6) is 0 Å². The van der Waals surface area contributed by atoms with E-state index in [0.29, 0.717) is 26.1 Å². The fraction of sp³-hybridized carbons (Fsp3) is 0.545. The molecule has 0 bridgehead atoms. The first-order valence-corrected chi connectivity index (χ1v) is 5.80. The van der Waals surface area contributed by atoms with Crippen LogP contribution in [0.1, 0.15) is 5.69 Å². The number of nitrogens with one attached hydrogen (secondary N) is 1. The van der Waals surface area contributed by atoms with E-state index in [9.17, 15) is 9.59 Å². The molecule has 2 amide bonds. The van der Waals surface area contributed by atoms with Gasteiger partial charge in [-0.25, -0.2) is 4.79 Å². The topological polar surface area (TPSA) is 87.5 Å². The fourth-order valence-corrected chi connectivity index (χ4v) is 1.81. The first-order chi connectivity index (χ1) is 8.56. The first kappa shape index (κ1) is 12.4. The molecule has 0 aliphatic carbocycles. The highest BCUT2D eigenvalue weighted by Gasteiger charge is 2.35. The van der Waals surface area contributed by atoms with E-state index < -0.39 is 11.9 Å². The van der Waals surface area contributed by atoms with E-state index in [0.717, 1.165) is 5.69 Å². The van der Waals surface area contributed by atoms with Crippen molar-refractivity contribution >= 4 is 12.0 Å². The largest absolute Gasteiger partial charge is 0.481 e. The maximum atomic E-state index is 11.6. The number of carboxylic acids is 1. The number of aliphatic carboxylic acids is 1. The normalized spacial score (nSPS) is 15.3. The Morgan fingerprint density at radius 3 is 2.83 bits per heavy atom. The van der Waals surface area contributed by atoms with Gasteiger partial charge in [0.15, 0.2) is 0 Å². The van der Waals surface area contributed by atoms with E-state index >= 15 is 0 Å². The summed E-state index contributed by atoms with van der Waals surface area (Å²) in [5.41, 5.74) is 0.921. The molecular formula is C11H16N4O3. The van der Waals surface area contributed by atoms with Gasteiger partial charge in [0, 0.05) is 39.3 Å². The van der Waals surface area contributed by atoms with Crippen molar-refractivity contribution in [1.29, 1.82) is 0 Å². The molecule has 0 atom stereocenters. The smallest absolute Gasteiger partial charge is 0.317 e. The number of hydrogen-bond donors (Lipinski definition) is 2. The van der Waals surface area contributed by atoms with Gasteiger partial charge >= 0.3 is 12.0 Å². The van der Waals surface area contributed by atoms with Crippen LogP contribution in [0.25, 0.3) is 0 Å². The van der Waals surface area contributed by atoms with Crippen molar-refractivity contribution in [3.8, 4) is 0 Å². The maximum Gasteiger partial charge on any atom is 0.317 e. The fourth-order valence-electron chi connectivity index (χ4n) is 1.81. The van der Waals surface area contributed by atoms with Gasteiger partial charge in [0.1, 0.15) is 0 Å². The van der Waals surface area contributed by atoms with Crippen LogP contribution in [0, 0.1) is 5.92 Å². The van der Waals surface area contributed by atoms with Gasteiger partial charge in [-0.05, 0) is 6.07 Å². The molecule has 18 heavy (non-hydrogen) atoms. The molecule has 0 saturated carbocycles. The van der Waals surface area contributed by atoms with Crippen molar-refractivity contribution < 1.29 is 14.7 Å². The number of carbonyl (C=O) groups excluding carboxylic acids is 1. The number of likely N-dealkylation sites (tertiary alicyclic amines) is 1. The molecule has 1 aliphatic heterocycles. The highest BCUT2D eigenvalue weighted by Crippen LogP contribution is 2.15. The highest BCUT2D eigenvalue weighted by molar-refractivity contribution is 5.79. The number of carboxylic acid groups (broad SMARTS) is 1. The standard InChI is InChI=1S/C11H16N4O3/c1-14-5-3-9(13-14)2-4-12-11(18)15-6-8(7-15)10(16)17/h3,5,8H,2,4,6-7H2,1H3,(H,12,18)(H,16,17). The SMILES string of the molecule is Cn1ccc(CCNC(=O)N2CC(C(=O)O)C2)n1. The minimum Gasteiger partial charge on any atom is -0.481 e. The number of carbonyl (C=O) groups is 2. The van der Waals surface area contributed by atoms with Crippen molar-refractivity contribution in [3.05, 3.63) is 18.0 Å². The van der Waals surface area contributed by atoms with Gasteiger partial charge in [-0.15, -0.1) is 0 Å². The van der Waals surface area contributed by atoms with Crippen molar-refractivity contribution in [1.82, 2.24) is 20.0 Å². The number of rotatable bonds is 4. The van der Waals surface area contributed by atoms with E-state index in [1.54, 1.807) is 4.68 Å². The Kier molecular flexibility index (Phi) is 3.50. The Hall–Kier alpha value is -2.05. The van der Waals surface area contributed by atoms with E-state index in [-0.39, 0.29) is 6.03 Å². The Balaban J connectivity index is 1.66. The second-order valence-corrected chi connectivity index (χ2v) is 4.40. The molecule has 0 unspecified atom stereocenters. The number of urea groups is 1. The third-order valence-corrected chi connectivity index (χ3v) is 2.94. The molecule has 2 rings (SSSR count). The Morgan fingerprint density at radius 2 is 2.28 bits per heavy atom. The van der Waals surface area contributed by atoms with Crippen LogP contribution in [-0.4, -0.2) is 51.4 Å². The van der Waals surface area contributed by atoms with Crippen molar-refractivity contribution in [3.63, 3.8) is 0 Å². The molecule has 7 nitrogen and oxygen atoms in total. The van der Waals surface area contributed by atoms with Crippen LogP contribution in [0.4, 0.5) is 4.79 Å². The molecule has 1 aromatic heterocycles. The lowest BCUT2D eigenvalue weighted by Crippen LogP contribution is -2.56. The zero-order valence-corrected chi connectivity index (χ0v) is 10.2. The first-order valence-electron chi connectivity index (χ1n) is 5.80. The van der Waals surface area contributed by atoms with Gasteiger partial charge in [0.25, 0.3) is 0 Å². The summed E-state index contributed by atoms with van der Waals surface area (Å²) in [5, 5.41) is 15.6. The number of aryl methyl sites for hydroxylation is 1. The van der Waals surface area contributed by atoms with Gasteiger partial charge < -0.3 is 15.3 Å². The quantitative estimate of drug-likeness (QED) is 0.769. The summed E-state index contributed by atoms with van der Waals surface area (Å²) in [5.74, 6) is -1.25. The monoisotopic (exact) mass is 252 g/mol. The molecule has 0 spiro atoms. The average Bonchev–Trinajstić information content (AvgIpc) is 2.61. The van der Waals surface area contributed by atoms with E-state index in [1.807, 2.05) is 19.3 Å². The van der Waals surface area contributed by atoms with Gasteiger partial charge in [-0.3, -0.25) is 9.48 Å². The Morgan fingerprint density at radius 1 is 1.56 bits per heavy atom. The number of nitrogens with zero attached hydrogens (tertiary/aromatic N) is 3. The number of hydrogen-bond acceptors (Lipinski definition) is 3. The summed E-state index contributed by atoms with van der Waals surface area (Å²) in [6, 6.07) is 1.69. The summed E-state index contributed by atoms with van der Waals surface area (Å²) >= 11 is 0. The van der Waals surface area contributed by atoms with Crippen LogP contribution < -0.4 is 5.32 Å². The van der Waals surface area contributed by atoms with E-state index in [1.165, 1.54) is 4.90 Å². The molecule has 2 heterocycles. The molecule has 7 heteroatoms. The molecule has 2 N–H and O–H groups in total. The van der Waals surface area contributed by atoms with Gasteiger partial charge in [-0.1, -0.05) is 0 Å². The third-order valence-electron chi connectivity index (χ3n) is 2.94. The van der Waals surface area contributed by atoms with Crippen LogP contribution >= 0.6 is 0 Å². The Bertz CT molecular complexity index is 451. The zero-order valence-electron chi connectivity index (χ0n) is 10.2. The highest BCUT2D eigenvalue weighted by atomic mass is 16.4. The summed E-state index contributed by atoms with van der Waals surface area (Å²) in [6.07, 6.45) is 2.52. The third kappa shape index (κ3) is 2.79. The lowest BCUT2D eigenvalue weighted by molar-refractivity contribution is -0.146. The minimum absolute atomic E-state index is 0.205. The van der Waals surface area contributed by atoms with Crippen LogP contribution in [-0.2, 0) is 18.3 Å². The minimum atomic E-state index is -0.840. The number of amides is 2. The average molecular weight is 252 g/mol. The Labute approximate surface area is 104 Å².